The lowest BCUT2D eigenvalue weighted by Crippen LogP contribution is -2.16. The van der Waals surface area contributed by atoms with Gasteiger partial charge in [0, 0.05) is 19.2 Å². The van der Waals surface area contributed by atoms with Crippen molar-refractivity contribution in [1.29, 1.82) is 0 Å². The number of nitrogens with zero attached hydrogens (tertiary/aromatic N) is 3. The van der Waals surface area contributed by atoms with Gasteiger partial charge in [-0.3, -0.25) is 4.79 Å². The van der Waals surface area contributed by atoms with Gasteiger partial charge in [-0.2, -0.15) is 0 Å². The molecular weight excluding hydrogens is 284 g/mol. The highest BCUT2D eigenvalue weighted by atomic mass is 32.2. The fraction of sp³-hybridized carbons (Fsp3) is 0.400. The number of hydrogen-bond acceptors (Lipinski definition) is 4. The average Bonchev–Trinajstić information content (AvgIpc) is 2.81. The second kappa shape index (κ2) is 6.76. The van der Waals surface area contributed by atoms with Gasteiger partial charge in [-0.1, -0.05) is 36.9 Å². The molecule has 1 heterocycles. The van der Waals surface area contributed by atoms with Crippen LogP contribution in [0.1, 0.15) is 23.9 Å². The van der Waals surface area contributed by atoms with Crippen molar-refractivity contribution >= 4 is 23.4 Å². The lowest BCUT2D eigenvalue weighted by molar-refractivity contribution is -0.113. The molecule has 1 amide bonds. The molecule has 21 heavy (non-hydrogen) atoms. The van der Waals surface area contributed by atoms with Gasteiger partial charge in [-0.15, -0.1) is 10.2 Å². The molecule has 0 aliphatic carbocycles. The van der Waals surface area contributed by atoms with Crippen LogP contribution in [0.4, 0.5) is 5.69 Å². The van der Waals surface area contributed by atoms with Crippen molar-refractivity contribution in [1.82, 2.24) is 14.8 Å². The number of hydrogen-bond donors (Lipinski definition) is 1. The fourth-order valence-corrected chi connectivity index (χ4v) is 2.83. The molecule has 1 aromatic carbocycles. The monoisotopic (exact) mass is 304 g/mol. The molecule has 2 rings (SSSR count). The van der Waals surface area contributed by atoms with Crippen LogP contribution >= 0.6 is 11.8 Å². The molecule has 0 unspecified atom stereocenters. The Hall–Kier alpha value is -1.82. The molecule has 0 saturated carbocycles. The van der Waals surface area contributed by atoms with Crippen molar-refractivity contribution in [2.24, 2.45) is 7.05 Å². The van der Waals surface area contributed by atoms with E-state index in [-0.39, 0.29) is 5.91 Å². The summed E-state index contributed by atoms with van der Waals surface area (Å²) in [5.74, 6) is 1.22. The molecule has 0 radical (unpaired) electrons. The van der Waals surface area contributed by atoms with Crippen LogP contribution in [-0.4, -0.2) is 26.4 Å². The number of aromatic nitrogens is 3. The molecule has 112 valence electrons. The zero-order chi connectivity index (χ0) is 15.4. The van der Waals surface area contributed by atoms with E-state index < -0.39 is 0 Å². The van der Waals surface area contributed by atoms with Gasteiger partial charge in [0.05, 0.1) is 5.75 Å². The first-order valence-corrected chi connectivity index (χ1v) is 7.88. The maximum atomic E-state index is 12.1. The van der Waals surface area contributed by atoms with E-state index in [4.69, 9.17) is 0 Å². The minimum Gasteiger partial charge on any atom is -0.325 e. The summed E-state index contributed by atoms with van der Waals surface area (Å²) in [6.45, 7) is 6.02. The smallest absolute Gasteiger partial charge is 0.234 e. The molecule has 0 saturated heterocycles. The first kappa shape index (κ1) is 15.6. The van der Waals surface area contributed by atoms with E-state index in [2.05, 4.69) is 15.5 Å². The Kier molecular flexibility index (Phi) is 5.01. The van der Waals surface area contributed by atoms with E-state index >= 15 is 0 Å². The zero-order valence-electron chi connectivity index (χ0n) is 12.8. The number of carbonyl (C=O) groups is 1. The first-order valence-electron chi connectivity index (χ1n) is 6.90. The molecule has 0 atom stereocenters. The van der Waals surface area contributed by atoms with E-state index in [0.717, 1.165) is 34.2 Å². The van der Waals surface area contributed by atoms with E-state index in [1.165, 1.54) is 11.8 Å². The second-order valence-electron chi connectivity index (χ2n) is 4.92. The lowest BCUT2D eigenvalue weighted by Gasteiger charge is -2.11. The fourth-order valence-electron chi connectivity index (χ4n) is 2.10. The predicted molar refractivity (Wildman–Crippen MR) is 85.7 cm³/mol. The highest BCUT2D eigenvalue weighted by Gasteiger charge is 2.11. The number of benzene rings is 1. The van der Waals surface area contributed by atoms with Crippen molar-refractivity contribution in [2.45, 2.75) is 32.3 Å². The highest BCUT2D eigenvalue weighted by molar-refractivity contribution is 7.99. The summed E-state index contributed by atoms with van der Waals surface area (Å²) in [6, 6.07) is 5.97. The van der Waals surface area contributed by atoms with E-state index in [0.29, 0.717) is 5.75 Å². The Balaban J connectivity index is 1.98. The summed E-state index contributed by atoms with van der Waals surface area (Å²) in [7, 11) is 1.92. The molecule has 1 aromatic heterocycles. The molecular formula is C15H20N4OS. The van der Waals surface area contributed by atoms with Crippen molar-refractivity contribution in [3.63, 3.8) is 0 Å². The van der Waals surface area contributed by atoms with Crippen LogP contribution in [0, 0.1) is 13.8 Å². The first-order chi connectivity index (χ1) is 10.0. The molecule has 2 aromatic rings. The van der Waals surface area contributed by atoms with Crippen LogP contribution in [0.2, 0.25) is 0 Å². The van der Waals surface area contributed by atoms with Gasteiger partial charge in [-0.05, 0) is 25.0 Å². The number of amides is 1. The van der Waals surface area contributed by atoms with Crippen LogP contribution in [0.15, 0.2) is 23.4 Å². The zero-order valence-corrected chi connectivity index (χ0v) is 13.6. The number of rotatable bonds is 5. The van der Waals surface area contributed by atoms with E-state index in [9.17, 15) is 4.79 Å². The third-order valence-corrected chi connectivity index (χ3v) is 4.34. The minimum absolute atomic E-state index is 0.0292. The van der Waals surface area contributed by atoms with Crippen LogP contribution < -0.4 is 5.32 Å². The number of aryl methyl sites for hydroxylation is 3. The summed E-state index contributed by atoms with van der Waals surface area (Å²) in [6.07, 6.45) is 0.832. The molecule has 6 heteroatoms. The Morgan fingerprint density at radius 2 is 1.95 bits per heavy atom. The largest absolute Gasteiger partial charge is 0.325 e. The standard InChI is InChI=1S/C15H20N4OS/c1-5-12-17-18-15(19(12)4)21-9-13(20)16-14-10(2)7-6-8-11(14)3/h6-8H,5,9H2,1-4H3,(H,16,20). The van der Waals surface area contributed by atoms with Gasteiger partial charge >= 0.3 is 0 Å². The predicted octanol–water partition coefficient (Wildman–Crippen LogP) is 2.73. The topological polar surface area (TPSA) is 59.8 Å². The van der Waals surface area contributed by atoms with Gasteiger partial charge in [0.2, 0.25) is 5.91 Å². The maximum absolute atomic E-state index is 12.1. The Morgan fingerprint density at radius 3 is 2.52 bits per heavy atom. The average molecular weight is 304 g/mol. The summed E-state index contributed by atoms with van der Waals surface area (Å²) in [4.78, 5) is 12.1. The van der Waals surface area contributed by atoms with Gasteiger partial charge in [0.15, 0.2) is 5.16 Å². The maximum Gasteiger partial charge on any atom is 0.234 e. The molecule has 5 nitrogen and oxygen atoms in total. The minimum atomic E-state index is -0.0292. The van der Waals surface area contributed by atoms with Crippen LogP contribution in [-0.2, 0) is 18.3 Å². The lowest BCUT2D eigenvalue weighted by atomic mass is 10.1. The second-order valence-corrected chi connectivity index (χ2v) is 5.86. The summed E-state index contributed by atoms with van der Waals surface area (Å²) < 4.78 is 1.93. The SMILES string of the molecule is CCc1nnc(SCC(=O)Nc2c(C)cccc2C)n1C. The molecule has 1 N–H and O–H groups in total. The van der Waals surface area contributed by atoms with Crippen molar-refractivity contribution in [2.75, 3.05) is 11.1 Å². The molecule has 0 aliphatic rings. The van der Waals surface area contributed by atoms with Crippen LogP contribution in [0.25, 0.3) is 0 Å². The van der Waals surface area contributed by atoms with Gasteiger partial charge in [0.25, 0.3) is 0 Å². The van der Waals surface area contributed by atoms with Gasteiger partial charge in [0.1, 0.15) is 5.82 Å². The van der Waals surface area contributed by atoms with Gasteiger partial charge < -0.3 is 9.88 Å². The van der Waals surface area contributed by atoms with Crippen LogP contribution in [0.5, 0.6) is 0 Å². The number of para-hydroxylation sites is 1. The third kappa shape index (κ3) is 3.64. The quantitative estimate of drug-likeness (QED) is 0.863. The third-order valence-electron chi connectivity index (χ3n) is 3.32. The van der Waals surface area contributed by atoms with E-state index in [1.807, 2.05) is 50.6 Å². The van der Waals surface area contributed by atoms with Crippen molar-refractivity contribution < 1.29 is 4.79 Å². The number of anilines is 1. The number of thioether (sulfide) groups is 1. The molecule has 0 aliphatic heterocycles. The molecule has 0 spiro atoms. The Morgan fingerprint density at radius 1 is 1.29 bits per heavy atom. The summed E-state index contributed by atoms with van der Waals surface area (Å²) in [5, 5.41) is 11.9. The highest BCUT2D eigenvalue weighted by Crippen LogP contribution is 2.21. The van der Waals surface area contributed by atoms with Gasteiger partial charge in [-0.25, -0.2) is 0 Å². The number of carbonyl (C=O) groups excluding carboxylic acids is 1. The molecule has 0 bridgehead atoms. The van der Waals surface area contributed by atoms with Crippen molar-refractivity contribution in [3.8, 4) is 0 Å². The van der Waals surface area contributed by atoms with E-state index in [1.54, 1.807) is 0 Å². The Labute approximate surface area is 129 Å². The van der Waals surface area contributed by atoms with Crippen LogP contribution in [0.3, 0.4) is 0 Å². The molecule has 0 fully saturated rings. The number of nitrogens with one attached hydrogen (secondary N) is 1. The van der Waals surface area contributed by atoms with Crippen molar-refractivity contribution in [3.05, 3.63) is 35.2 Å². The summed E-state index contributed by atoms with van der Waals surface area (Å²) in [5.41, 5.74) is 3.04. The normalized spacial score (nSPS) is 10.7. The Bertz CT molecular complexity index is 631. The summed E-state index contributed by atoms with van der Waals surface area (Å²) >= 11 is 1.40.